The summed E-state index contributed by atoms with van der Waals surface area (Å²) in [5, 5.41) is 7.83. The van der Waals surface area contributed by atoms with Crippen molar-refractivity contribution < 1.29 is 30.2 Å². The first kappa shape index (κ1) is 10.4. The van der Waals surface area contributed by atoms with E-state index in [1.54, 1.807) is 0 Å². The van der Waals surface area contributed by atoms with Gasteiger partial charge in [-0.15, -0.1) is 11.6 Å². The summed E-state index contributed by atoms with van der Waals surface area (Å²) in [7, 11) is 0. The van der Waals surface area contributed by atoms with Gasteiger partial charge in [0.25, 0.3) is 0 Å². The summed E-state index contributed by atoms with van der Waals surface area (Å²) in [6.07, 6.45) is 0.0571. The third-order valence-electron chi connectivity index (χ3n) is 0.308. The van der Waals surface area contributed by atoms with Crippen LogP contribution in [0.15, 0.2) is 0 Å². The second-order valence-corrected chi connectivity index (χ2v) is 1.21. The molecule has 0 aliphatic rings. The maximum atomic E-state index is 9.51. The Morgan fingerprint density at radius 3 is 2.29 bits per heavy atom. The normalized spacial score (nSPS) is 7.00. The summed E-state index contributed by atoms with van der Waals surface area (Å²) in [4.78, 5) is 9.51. The molecule has 0 saturated carbocycles. The molecule has 0 radical (unpaired) electrons. The van der Waals surface area contributed by atoms with Gasteiger partial charge in [-0.1, -0.05) is 0 Å². The number of hydrogen-bond donors (Lipinski definition) is 1. The van der Waals surface area contributed by atoms with Crippen LogP contribution in [0.3, 0.4) is 0 Å². The van der Waals surface area contributed by atoms with E-state index in [1.807, 2.05) is 0 Å². The molecule has 0 heterocycles. The molecular formula is C3H6ClLiO2. The van der Waals surface area contributed by atoms with E-state index < -0.39 is 5.97 Å². The van der Waals surface area contributed by atoms with E-state index in [4.69, 9.17) is 16.7 Å². The van der Waals surface area contributed by atoms with Crippen LogP contribution in [0.4, 0.5) is 0 Å². The van der Waals surface area contributed by atoms with Gasteiger partial charge in [0, 0.05) is 5.88 Å². The number of carboxylic acid groups (broad SMARTS) is 1. The molecule has 0 saturated heterocycles. The van der Waals surface area contributed by atoms with E-state index in [1.165, 1.54) is 0 Å². The van der Waals surface area contributed by atoms with Crippen LogP contribution in [-0.4, -0.2) is 17.0 Å². The average molecular weight is 116 g/mol. The molecule has 0 aliphatic heterocycles. The van der Waals surface area contributed by atoms with Crippen molar-refractivity contribution in [2.75, 3.05) is 5.88 Å². The van der Waals surface area contributed by atoms with Gasteiger partial charge in [0.05, 0.1) is 6.42 Å². The van der Waals surface area contributed by atoms with Crippen molar-refractivity contribution >= 4 is 17.6 Å². The predicted molar refractivity (Wildman–Crippen MR) is 24.1 cm³/mol. The Balaban J connectivity index is -0.000000125. The van der Waals surface area contributed by atoms with Crippen molar-refractivity contribution in [1.82, 2.24) is 0 Å². The monoisotopic (exact) mass is 116 g/mol. The quantitative estimate of drug-likeness (QED) is 0.329. The maximum Gasteiger partial charge on any atom is 1.00 e. The second kappa shape index (κ2) is 6.36. The van der Waals surface area contributed by atoms with Gasteiger partial charge in [0.15, 0.2) is 0 Å². The van der Waals surface area contributed by atoms with Crippen molar-refractivity contribution in [3.05, 3.63) is 0 Å². The Morgan fingerprint density at radius 1 is 1.86 bits per heavy atom. The van der Waals surface area contributed by atoms with Gasteiger partial charge >= 0.3 is 24.8 Å². The minimum absolute atomic E-state index is 0. The number of alkyl halides is 1. The summed E-state index contributed by atoms with van der Waals surface area (Å²) >= 11 is 5.02. The fourth-order valence-electron chi connectivity index (χ4n) is 0.0808. The standard InChI is InChI=1S/C3H5ClO2.Li.H/c4-2-1-3(5)6;;/h1-2H2,(H,5,6);;/q;+1;-1. The van der Waals surface area contributed by atoms with Crippen molar-refractivity contribution in [3.8, 4) is 0 Å². The number of aliphatic carboxylic acids is 1. The largest absolute Gasteiger partial charge is 1.00 e. The van der Waals surface area contributed by atoms with Gasteiger partial charge in [-0.2, -0.15) is 0 Å². The second-order valence-electron chi connectivity index (χ2n) is 0.833. The molecule has 38 valence electrons. The maximum absolute atomic E-state index is 9.51. The van der Waals surface area contributed by atoms with Crippen LogP contribution in [0.1, 0.15) is 7.85 Å². The number of carbonyl (C=O) groups is 1. The SMILES string of the molecule is O=C(O)CCCl.[H-].[Li+]. The minimum atomic E-state index is -0.843. The van der Waals surface area contributed by atoms with Crippen LogP contribution in [0.5, 0.6) is 0 Å². The molecule has 0 rings (SSSR count). The smallest absolute Gasteiger partial charge is 1.00 e. The predicted octanol–water partition coefficient (Wildman–Crippen LogP) is -2.18. The fraction of sp³-hybridized carbons (Fsp3) is 0.667. The summed E-state index contributed by atoms with van der Waals surface area (Å²) in [6.45, 7) is 0. The van der Waals surface area contributed by atoms with Gasteiger partial charge in [-0.25, -0.2) is 0 Å². The van der Waals surface area contributed by atoms with E-state index in [0.717, 1.165) is 0 Å². The molecule has 0 bridgehead atoms. The van der Waals surface area contributed by atoms with Gasteiger partial charge < -0.3 is 6.53 Å². The average Bonchev–Trinajstić information content (AvgIpc) is 1.35. The number of carboxylic acids is 1. The van der Waals surface area contributed by atoms with Crippen LogP contribution in [0, 0.1) is 0 Å². The topological polar surface area (TPSA) is 37.3 Å². The molecular weight excluding hydrogens is 110 g/mol. The van der Waals surface area contributed by atoms with Crippen LogP contribution in [-0.2, 0) is 4.79 Å². The Labute approximate surface area is 60.5 Å². The Morgan fingerprint density at radius 2 is 2.29 bits per heavy atom. The zero-order valence-electron chi connectivity index (χ0n) is 5.15. The molecule has 4 heteroatoms. The molecule has 0 spiro atoms. The first-order chi connectivity index (χ1) is 2.77. The van der Waals surface area contributed by atoms with E-state index in [0.29, 0.717) is 0 Å². The molecule has 2 nitrogen and oxygen atoms in total. The van der Waals surface area contributed by atoms with Gasteiger partial charge in [-0.05, 0) is 0 Å². The van der Waals surface area contributed by atoms with Crippen molar-refractivity contribution in [1.29, 1.82) is 0 Å². The van der Waals surface area contributed by atoms with Gasteiger partial charge in [0.2, 0.25) is 0 Å². The van der Waals surface area contributed by atoms with Crippen LogP contribution in [0.2, 0.25) is 0 Å². The van der Waals surface area contributed by atoms with Crippen LogP contribution in [0.25, 0.3) is 0 Å². The molecule has 1 N–H and O–H groups in total. The Kier molecular flexibility index (Phi) is 9.41. The molecule has 0 aromatic carbocycles. The van der Waals surface area contributed by atoms with Crippen LogP contribution >= 0.6 is 11.6 Å². The summed E-state index contributed by atoms with van der Waals surface area (Å²) in [6, 6.07) is 0. The van der Waals surface area contributed by atoms with E-state index in [-0.39, 0.29) is 32.6 Å². The molecule has 0 aromatic heterocycles. The Bertz CT molecular complexity index is 61.2. The molecule has 0 unspecified atom stereocenters. The first-order valence-electron chi connectivity index (χ1n) is 1.55. The third kappa shape index (κ3) is 10.7. The number of rotatable bonds is 2. The summed E-state index contributed by atoms with van der Waals surface area (Å²) < 4.78 is 0. The molecule has 0 amide bonds. The molecule has 7 heavy (non-hydrogen) atoms. The van der Waals surface area contributed by atoms with Crippen molar-refractivity contribution in [2.24, 2.45) is 0 Å². The number of halogens is 1. The summed E-state index contributed by atoms with van der Waals surface area (Å²) in [5.41, 5.74) is 0. The molecule has 0 atom stereocenters. The molecule has 0 aromatic rings. The van der Waals surface area contributed by atoms with E-state index in [2.05, 4.69) is 0 Å². The fourth-order valence-corrected chi connectivity index (χ4v) is 0.243. The first-order valence-corrected chi connectivity index (χ1v) is 2.08. The van der Waals surface area contributed by atoms with Gasteiger partial charge in [-0.3, -0.25) is 4.79 Å². The summed E-state index contributed by atoms with van der Waals surface area (Å²) in [5.74, 6) is -0.639. The van der Waals surface area contributed by atoms with Crippen molar-refractivity contribution in [2.45, 2.75) is 6.42 Å². The van der Waals surface area contributed by atoms with E-state index in [9.17, 15) is 4.79 Å². The van der Waals surface area contributed by atoms with Gasteiger partial charge in [0.1, 0.15) is 0 Å². The zero-order valence-corrected chi connectivity index (χ0v) is 4.90. The zero-order chi connectivity index (χ0) is 4.99. The number of hydrogen-bond acceptors (Lipinski definition) is 1. The Hall–Kier alpha value is 0.357. The van der Waals surface area contributed by atoms with Crippen molar-refractivity contribution in [3.63, 3.8) is 0 Å². The van der Waals surface area contributed by atoms with E-state index >= 15 is 0 Å². The minimum Gasteiger partial charge on any atom is -1.00 e. The third-order valence-corrected chi connectivity index (χ3v) is 0.497. The van der Waals surface area contributed by atoms with Crippen LogP contribution < -0.4 is 18.9 Å². The molecule has 0 fully saturated rings. The molecule has 0 aliphatic carbocycles.